The summed E-state index contributed by atoms with van der Waals surface area (Å²) in [6.07, 6.45) is 0.862. The Kier molecular flexibility index (Phi) is 4.20. The molecule has 3 heterocycles. The number of hydrogen-bond donors (Lipinski definition) is 1. The molecule has 1 aromatic carbocycles. The highest BCUT2D eigenvalue weighted by atomic mass is 32.1. The van der Waals surface area contributed by atoms with E-state index in [1.54, 1.807) is 11.3 Å². The molecule has 0 saturated carbocycles. The summed E-state index contributed by atoms with van der Waals surface area (Å²) in [5.41, 5.74) is 3.19. The smallest absolute Gasteiger partial charge is 0.281 e. The van der Waals surface area contributed by atoms with E-state index in [9.17, 15) is 4.79 Å². The number of thiophene rings is 1. The molecule has 0 radical (unpaired) electrons. The number of aromatic nitrogens is 2. The maximum Gasteiger partial charge on any atom is 0.281 e. The van der Waals surface area contributed by atoms with Gasteiger partial charge >= 0.3 is 0 Å². The van der Waals surface area contributed by atoms with E-state index >= 15 is 0 Å². The van der Waals surface area contributed by atoms with Gasteiger partial charge in [0.05, 0.1) is 5.39 Å². The van der Waals surface area contributed by atoms with Gasteiger partial charge in [0.15, 0.2) is 5.82 Å². The molecule has 0 bridgehead atoms. The Morgan fingerprint density at radius 2 is 2.00 bits per heavy atom. The summed E-state index contributed by atoms with van der Waals surface area (Å²) in [7, 11) is 2.09. The van der Waals surface area contributed by atoms with Crippen LogP contribution in [0.5, 0.6) is 5.75 Å². The molecular formula is C19H22N4O2S. The van der Waals surface area contributed by atoms with Crippen molar-refractivity contribution in [3.05, 3.63) is 55.9 Å². The van der Waals surface area contributed by atoms with Gasteiger partial charge in [0.1, 0.15) is 17.2 Å². The molecule has 2 N–H and O–H groups in total. The van der Waals surface area contributed by atoms with Crippen LogP contribution in [0.3, 0.4) is 0 Å². The highest BCUT2D eigenvalue weighted by molar-refractivity contribution is 7.18. The summed E-state index contributed by atoms with van der Waals surface area (Å²) in [5.74, 6) is 7.24. The lowest BCUT2D eigenvalue weighted by atomic mass is 10.1. The predicted molar refractivity (Wildman–Crippen MR) is 104 cm³/mol. The van der Waals surface area contributed by atoms with Gasteiger partial charge < -0.3 is 15.5 Å². The Bertz CT molecular complexity index is 1030. The molecule has 136 valence electrons. The number of benzene rings is 1. The van der Waals surface area contributed by atoms with Crippen molar-refractivity contribution in [3.63, 3.8) is 0 Å². The Labute approximate surface area is 155 Å². The van der Waals surface area contributed by atoms with Gasteiger partial charge in [0.2, 0.25) is 0 Å². The van der Waals surface area contributed by atoms with Gasteiger partial charge in [-0.3, -0.25) is 4.79 Å². The zero-order valence-electron chi connectivity index (χ0n) is 15.2. The van der Waals surface area contributed by atoms with Crippen LogP contribution in [0.1, 0.15) is 27.4 Å². The molecule has 7 heteroatoms. The van der Waals surface area contributed by atoms with Crippen molar-refractivity contribution in [1.82, 2.24) is 14.6 Å². The molecule has 1 aliphatic rings. The van der Waals surface area contributed by atoms with Gasteiger partial charge in [0.25, 0.3) is 5.56 Å². The summed E-state index contributed by atoms with van der Waals surface area (Å²) < 4.78 is 6.99. The van der Waals surface area contributed by atoms with Crippen molar-refractivity contribution in [2.45, 2.75) is 33.4 Å². The lowest BCUT2D eigenvalue weighted by molar-refractivity contribution is 0.291. The first-order chi connectivity index (χ1) is 12.4. The van der Waals surface area contributed by atoms with Gasteiger partial charge in [-0.1, -0.05) is 6.07 Å². The van der Waals surface area contributed by atoms with Gasteiger partial charge in [-0.2, -0.15) is 0 Å². The summed E-state index contributed by atoms with van der Waals surface area (Å²) in [5, 5.41) is 0.677. The van der Waals surface area contributed by atoms with Crippen molar-refractivity contribution < 1.29 is 4.74 Å². The number of nitrogen functional groups attached to an aromatic ring is 1. The van der Waals surface area contributed by atoms with E-state index in [1.807, 2.05) is 26.0 Å². The second kappa shape index (κ2) is 6.41. The topological polar surface area (TPSA) is 73.4 Å². The Hall–Kier alpha value is -2.38. The van der Waals surface area contributed by atoms with E-state index in [0.717, 1.165) is 51.5 Å². The van der Waals surface area contributed by atoms with Crippen LogP contribution in [-0.4, -0.2) is 28.2 Å². The van der Waals surface area contributed by atoms with Crippen molar-refractivity contribution in [2.24, 2.45) is 0 Å². The van der Waals surface area contributed by atoms with E-state index in [-0.39, 0.29) is 12.2 Å². The van der Waals surface area contributed by atoms with Crippen LogP contribution in [0.15, 0.2) is 23.0 Å². The minimum Gasteiger partial charge on any atom is -0.486 e. The van der Waals surface area contributed by atoms with Gasteiger partial charge in [-0.05, 0) is 56.1 Å². The lowest BCUT2D eigenvalue weighted by Crippen LogP contribution is -2.33. The third-order valence-electron chi connectivity index (χ3n) is 4.73. The Morgan fingerprint density at radius 1 is 1.27 bits per heavy atom. The number of nitrogens with two attached hydrogens (primary N) is 1. The molecule has 4 rings (SSSR count). The average molecular weight is 370 g/mol. The molecule has 0 amide bonds. The number of likely N-dealkylation sites (N-methyl/N-ethyl adjacent to an activating group) is 1. The lowest BCUT2D eigenvalue weighted by Gasteiger charge is -2.21. The molecule has 0 fully saturated rings. The fourth-order valence-electron chi connectivity index (χ4n) is 3.49. The number of aryl methyl sites for hydroxylation is 2. The van der Waals surface area contributed by atoms with Crippen LogP contribution in [0, 0.1) is 13.8 Å². The van der Waals surface area contributed by atoms with E-state index in [0.29, 0.717) is 11.2 Å². The normalized spacial score (nSPS) is 14.6. The fourth-order valence-corrected chi connectivity index (χ4v) is 4.80. The Morgan fingerprint density at radius 3 is 2.73 bits per heavy atom. The maximum atomic E-state index is 12.8. The van der Waals surface area contributed by atoms with E-state index < -0.39 is 0 Å². The van der Waals surface area contributed by atoms with Crippen molar-refractivity contribution in [3.8, 4) is 5.75 Å². The van der Waals surface area contributed by atoms with Crippen molar-refractivity contribution in [2.75, 3.05) is 19.4 Å². The highest BCUT2D eigenvalue weighted by Crippen LogP contribution is 2.32. The van der Waals surface area contributed by atoms with E-state index in [2.05, 4.69) is 23.0 Å². The third-order valence-corrected chi connectivity index (χ3v) is 5.84. The van der Waals surface area contributed by atoms with E-state index in [1.165, 1.54) is 4.88 Å². The van der Waals surface area contributed by atoms with E-state index in [4.69, 9.17) is 10.6 Å². The molecule has 0 spiro atoms. The fraction of sp³-hybridized carbons (Fsp3) is 0.368. The van der Waals surface area contributed by atoms with Crippen LogP contribution in [0.4, 0.5) is 0 Å². The number of fused-ring (bicyclic) bond motifs is 3. The molecule has 26 heavy (non-hydrogen) atoms. The van der Waals surface area contributed by atoms with Gasteiger partial charge in [-0.15, -0.1) is 11.3 Å². The molecule has 0 saturated heterocycles. The summed E-state index contributed by atoms with van der Waals surface area (Å²) >= 11 is 1.59. The first kappa shape index (κ1) is 17.1. The minimum atomic E-state index is -0.184. The molecule has 0 atom stereocenters. The SMILES string of the molecule is Cc1cc(C)cc(OCc2nc3sc4c(c3c(=O)n2N)CCN(C)C4)c1. The van der Waals surface area contributed by atoms with Gasteiger partial charge in [-0.25, -0.2) is 9.66 Å². The molecule has 1 aliphatic heterocycles. The third kappa shape index (κ3) is 2.97. The molecule has 6 nitrogen and oxygen atoms in total. The van der Waals surface area contributed by atoms with Gasteiger partial charge in [0, 0.05) is 18.0 Å². The quantitative estimate of drug-likeness (QED) is 0.717. The summed E-state index contributed by atoms with van der Waals surface area (Å²) in [6, 6.07) is 6.01. The summed E-state index contributed by atoms with van der Waals surface area (Å²) in [6.45, 7) is 6.01. The Balaban J connectivity index is 1.70. The van der Waals surface area contributed by atoms with Crippen LogP contribution in [0.25, 0.3) is 10.2 Å². The largest absolute Gasteiger partial charge is 0.486 e. The van der Waals surface area contributed by atoms with Crippen molar-refractivity contribution >= 4 is 21.6 Å². The highest BCUT2D eigenvalue weighted by Gasteiger charge is 2.23. The molecule has 3 aromatic rings. The molecular weight excluding hydrogens is 348 g/mol. The zero-order chi connectivity index (χ0) is 18.4. The van der Waals surface area contributed by atoms with Crippen molar-refractivity contribution in [1.29, 1.82) is 0 Å². The minimum absolute atomic E-state index is 0.160. The van der Waals surface area contributed by atoms with Crippen LogP contribution >= 0.6 is 11.3 Å². The standard InChI is InChI=1S/C19H22N4O2S/c1-11-6-12(2)8-13(7-11)25-10-16-21-18-17(19(24)23(16)20)14-4-5-22(3)9-15(14)26-18/h6-8H,4-5,9-10,20H2,1-3H3. The molecule has 2 aromatic heterocycles. The van der Waals surface area contributed by atoms with Crippen LogP contribution in [0.2, 0.25) is 0 Å². The second-order valence-electron chi connectivity index (χ2n) is 6.99. The number of ether oxygens (including phenoxy) is 1. The monoisotopic (exact) mass is 370 g/mol. The zero-order valence-corrected chi connectivity index (χ0v) is 16.0. The maximum absolute atomic E-state index is 12.8. The number of nitrogens with zero attached hydrogens (tertiary/aromatic N) is 3. The molecule has 0 unspecified atom stereocenters. The number of rotatable bonds is 3. The molecule has 0 aliphatic carbocycles. The predicted octanol–water partition coefficient (Wildman–Crippen LogP) is 2.36. The summed E-state index contributed by atoms with van der Waals surface area (Å²) in [4.78, 5) is 21.7. The second-order valence-corrected chi connectivity index (χ2v) is 8.07. The van der Waals surface area contributed by atoms with Crippen LogP contribution < -0.4 is 16.1 Å². The number of hydrogen-bond acceptors (Lipinski definition) is 6. The first-order valence-electron chi connectivity index (χ1n) is 8.63. The first-order valence-corrected chi connectivity index (χ1v) is 9.45. The van der Waals surface area contributed by atoms with Crippen LogP contribution in [-0.2, 0) is 19.6 Å². The average Bonchev–Trinajstić information content (AvgIpc) is 2.93.